The Labute approximate surface area is 134 Å². The number of nitrogens with one attached hydrogen (secondary N) is 1. The number of fused-ring (bicyclic) bond motifs is 2. The summed E-state index contributed by atoms with van der Waals surface area (Å²) in [5, 5.41) is 3.14. The Morgan fingerprint density at radius 3 is 2.41 bits per heavy atom. The highest BCUT2D eigenvalue weighted by molar-refractivity contribution is 5.98. The van der Waals surface area contributed by atoms with Crippen molar-refractivity contribution in [1.82, 2.24) is 0 Å². The van der Waals surface area contributed by atoms with Crippen LogP contribution in [0.15, 0.2) is 36.4 Å². The second-order valence-corrected chi connectivity index (χ2v) is 7.95. The molecule has 0 spiro atoms. The lowest BCUT2D eigenvalue weighted by molar-refractivity contribution is -0.123. The molecule has 0 saturated heterocycles. The molecule has 2 aliphatic carbocycles. The third-order valence-electron chi connectivity index (χ3n) is 6.16. The molecule has 2 aliphatic rings. The van der Waals surface area contributed by atoms with Crippen LogP contribution in [0.2, 0.25) is 0 Å². The van der Waals surface area contributed by atoms with Crippen molar-refractivity contribution in [1.29, 1.82) is 0 Å². The second-order valence-electron chi connectivity index (χ2n) is 7.95. The molecule has 2 unspecified atom stereocenters. The van der Waals surface area contributed by atoms with Crippen molar-refractivity contribution in [2.24, 2.45) is 16.7 Å². The van der Waals surface area contributed by atoms with Gasteiger partial charge in [0.15, 0.2) is 0 Å². The fourth-order valence-electron chi connectivity index (χ4n) is 4.34. The van der Waals surface area contributed by atoms with Gasteiger partial charge in [-0.1, -0.05) is 52.0 Å². The first-order chi connectivity index (χ1) is 10.3. The Bertz CT molecular complexity index is 611. The largest absolute Gasteiger partial charge is 0.325 e. The molecule has 2 fully saturated rings. The number of hydrogen-bond donors (Lipinski definition) is 1. The predicted molar refractivity (Wildman–Crippen MR) is 91.9 cm³/mol. The van der Waals surface area contributed by atoms with Crippen LogP contribution in [0.5, 0.6) is 0 Å². The lowest BCUT2D eigenvalue weighted by Gasteiger charge is -2.37. The van der Waals surface area contributed by atoms with Gasteiger partial charge in [-0.05, 0) is 54.2 Å². The molecule has 1 N–H and O–H groups in total. The van der Waals surface area contributed by atoms with Crippen LogP contribution in [0.1, 0.15) is 58.4 Å². The number of rotatable bonds is 3. The number of carbonyl (C=O) groups excluding carboxylic acids is 1. The summed E-state index contributed by atoms with van der Waals surface area (Å²) in [6.07, 6.45) is 3.07. The van der Waals surface area contributed by atoms with E-state index >= 15 is 0 Å². The third kappa shape index (κ3) is 2.12. The monoisotopic (exact) mass is 297 g/mol. The molecule has 118 valence electrons. The molecule has 1 amide bonds. The van der Waals surface area contributed by atoms with Gasteiger partial charge in [0.05, 0.1) is 5.41 Å². The van der Waals surface area contributed by atoms with E-state index in [1.807, 2.05) is 12.1 Å². The van der Waals surface area contributed by atoms with Gasteiger partial charge in [-0.25, -0.2) is 0 Å². The van der Waals surface area contributed by atoms with Crippen molar-refractivity contribution >= 4 is 11.6 Å². The predicted octanol–water partition coefficient (Wildman–Crippen LogP) is 5.13. The Hall–Kier alpha value is -1.57. The van der Waals surface area contributed by atoms with E-state index in [9.17, 15) is 4.79 Å². The van der Waals surface area contributed by atoms with Crippen molar-refractivity contribution < 1.29 is 4.79 Å². The van der Waals surface area contributed by atoms with Crippen LogP contribution in [0.25, 0.3) is 0 Å². The number of hydrogen-bond acceptors (Lipinski definition) is 1. The first-order valence-electron chi connectivity index (χ1n) is 8.38. The van der Waals surface area contributed by atoms with Gasteiger partial charge in [0.25, 0.3) is 0 Å². The normalized spacial score (nSPS) is 29.1. The molecule has 0 aromatic heterocycles. The molecular weight excluding hydrogens is 270 g/mol. The Balaban J connectivity index is 1.79. The summed E-state index contributed by atoms with van der Waals surface area (Å²) in [6, 6.07) is 8.23. The van der Waals surface area contributed by atoms with Gasteiger partial charge < -0.3 is 5.32 Å². The minimum absolute atomic E-state index is 0.0943. The van der Waals surface area contributed by atoms with E-state index in [0.717, 1.165) is 30.5 Å². The molecule has 1 aromatic carbocycles. The van der Waals surface area contributed by atoms with Crippen molar-refractivity contribution in [2.45, 2.75) is 52.9 Å². The quantitative estimate of drug-likeness (QED) is 0.770. The topological polar surface area (TPSA) is 29.1 Å². The average molecular weight is 297 g/mol. The zero-order valence-corrected chi connectivity index (χ0v) is 14.2. The van der Waals surface area contributed by atoms with Gasteiger partial charge in [-0.15, -0.1) is 0 Å². The Morgan fingerprint density at radius 2 is 1.91 bits per heavy atom. The van der Waals surface area contributed by atoms with Crippen molar-refractivity contribution in [3.8, 4) is 0 Å². The summed E-state index contributed by atoms with van der Waals surface area (Å²) in [5.41, 5.74) is 3.07. The molecule has 2 saturated carbocycles. The molecule has 2 nitrogen and oxygen atoms in total. The molecule has 1 aromatic rings. The van der Waals surface area contributed by atoms with E-state index in [-0.39, 0.29) is 16.7 Å². The minimum atomic E-state index is -0.342. The molecular formula is C20H27NO. The fourth-order valence-corrected chi connectivity index (χ4v) is 4.34. The highest BCUT2D eigenvalue weighted by atomic mass is 16.2. The number of amides is 1. The van der Waals surface area contributed by atoms with E-state index in [1.54, 1.807) is 0 Å². The maximum Gasteiger partial charge on any atom is 0.234 e. The molecule has 2 bridgehead atoms. The van der Waals surface area contributed by atoms with Crippen molar-refractivity contribution in [3.63, 3.8) is 0 Å². The van der Waals surface area contributed by atoms with E-state index < -0.39 is 0 Å². The minimum Gasteiger partial charge on any atom is -0.325 e. The summed E-state index contributed by atoms with van der Waals surface area (Å²) in [6.45, 7) is 13.1. The number of benzene rings is 1. The van der Waals surface area contributed by atoms with Gasteiger partial charge in [0, 0.05) is 5.69 Å². The van der Waals surface area contributed by atoms with Gasteiger partial charge in [0.1, 0.15) is 0 Å². The first-order valence-corrected chi connectivity index (χ1v) is 8.38. The van der Waals surface area contributed by atoms with E-state index in [4.69, 9.17) is 0 Å². The van der Waals surface area contributed by atoms with Crippen LogP contribution in [0.4, 0.5) is 5.69 Å². The highest BCUT2D eigenvalue weighted by Crippen LogP contribution is 2.65. The summed E-state index contributed by atoms with van der Waals surface area (Å²) >= 11 is 0. The van der Waals surface area contributed by atoms with E-state index in [1.165, 1.54) is 5.56 Å². The summed E-state index contributed by atoms with van der Waals surface area (Å²) < 4.78 is 0. The third-order valence-corrected chi connectivity index (χ3v) is 6.16. The maximum atomic E-state index is 12.9. The van der Waals surface area contributed by atoms with Crippen LogP contribution in [-0.4, -0.2) is 5.91 Å². The number of anilines is 1. The first kappa shape index (κ1) is 15.3. The highest BCUT2D eigenvalue weighted by Gasteiger charge is 2.60. The molecule has 0 heterocycles. The van der Waals surface area contributed by atoms with E-state index in [2.05, 4.69) is 51.7 Å². The average Bonchev–Trinajstić information content (AvgIpc) is 3.00. The van der Waals surface area contributed by atoms with Crippen LogP contribution in [-0.2, 0) is 4.79 Å². The summed E-state index contributed by atoms with van der Waals surface area (Å²) in [4.78, 5) is 12.9. The smallest absolute Gasteiger partial charge is 0.234 e. The molecule has 0 aliphatic heterocycles. The fraction of sp³-hybridized carbons (Fsp3) is 0.550. The summed E-state index contributed by atoms with van der Waals surface area (Å²) in [5.74, 6) is 1.26. The van der Waals surface area contributed by atoms with Gasteiger partial charge in [-0.3, -0.25) is 4.79 Å². The standard InChI is InChI=1S/C20H27NO/c1-13(2)15-6-8-17(9-7-15)21-18(22)20-11-10-16(12-20)19(4,5)14(20)3/h6-9,13,16H,3,10-12H2,1-2,4-5H3,(H,21,22). The Morgan fingerprint density at radius 1 is 1.27 bits per heavy atom. The van der Waals surface area contributed by atoms with E-state index in [0.29, 0.717) is 11.8 Å². The summed E-state index contributed by atoms with van der Waals surface area (Å²) in [7, 11) is 0. The molecule has 22 heavy (non-hydrogen) atoms. The van der Waals surface area contributed by atoms with Crippen molar-refractivity contribution in [2.75, 3.05) is 5.32 Å². The van der Waals surface area contributed by atoms with Crippen LogP contribution < -0.4 is 5.32 Å². The van der Waals surface area contributed by atoms with Gasteiger partial charge in [0.2, 0.25) is 5.91 Å². The van der Waals surface area contributed by atoms with Crippen LogP contribution >= 0.6 is 0 Å². The molecule has 2 heteroatoms. The molecule has 0 radical (unpaired) electrons. The zero-order chi connectivity index (χ0) is 16.1. The SMILES string of the molecule is C=C1C2(C(=O)Nc3ccc(C(C)C)cc3)CCC(C2)C1(C)C. The lowest BCUT2D eigenvalue weighted by atomic mass is 9.68. The maximum absolute atomic E-state index is 12.9. The van der Waals surface area contributed by atoms with Crippen LogP contribution in [0, 0.1) is 16.7 Å². The lowest BCUT2D eigenvalue weighted by Crippen LogP contribution is -2.37. The molecule has 3 rings (SSSR count). The number of carbonyl (C=O) groups is 1. The molecule has 2 atom stereocenters. The second kappa shape index (κ2) is 4.97. The zero-order valence-electron chi connectivity index (χ0n) is 14.2. The van der Waals surface area contributed by atoms with Gasteiger partial charge >= 0.3 is 0 Å². The van der Waals surface area contributed by atoms with Gasteiger partial charge in [-0.2, -0.15) is 0 Å². The van der Waals surface area contributed by atoms with Crippen LogP contribution in [0.3, 0.4) is 0 Å². The Kier molecular flexibility index (Phi) is 3.47. The van der Waals surface area contributed by atoms with Crippen molar-refractivity contribution in [3.05, 3.63) is 42.0 Å².